The molecule has 2 unspecified atom stereocenters. The molecule has 0 aromatic carbocycles. The third-order valence-corrected chi connectivity index (χ3v) is 2.73. The van der Waals surface area contributed by atoms with Crippen molar-refractivity contribution in [2.45, 2.75) is 47.0 Å². The van der Waals surface area contributed by atoms with Gasteiger partial charge in [0.25, 0.3) is 0 Å². The lowest BCUT2D eigenvalue weighted by Gasteiger charge is -2.25. The molecule has 0 bridgehead atoms. The van der Waals surface area contributed by atoms with Crippen LogP contribution in [0.25, 0.3) is 0 Å². The molecule has 1 aliphatic rings. The Bertz CT molecular complexity index is 110. The molecule has 0 aliphatic heterocycles. The summed E-state index contributed by atoms with van der Waals surface area (Å²) in [5, 5.41) is 0. The first kappa shape index (κ1) is 9.09. The van der Waals surface area contributed by atoms with Gasteiger partial charge in [0.1, 0.15) is 0 Å². The van der Waals surface area contributed by atoms with Gasteiger partial charge in [-0.15, -0.1) is 0 Å². The molecule has 0 saturated heterocycles. The van der Waals surface area contributed by atoms with Gasteiger partial charge in [0.15, 0.2) is 0 Å². The molecule has 0 heterocycles. The summed E-state index contributed by atoms with van der Waals surface area (Å²) in [4.78, 5) is 0. The predicted octanol–water partition coefficient (Wildman–Crippen LogP) is 3.67. The lowest BCUT2D eigenvalue weighted by molar-refractivity contribution is 0.329. The Kier molecular flexibility index (Phi) is 2.61. The fourth-order valence-electron chi connectivity index (χ4n) is 2.47. The van der Waals surface area contributed by atoms with Gasteiger partial charge < -0.3 is 0 Å². The number of hydrogen-bond acceptors (Lipinski definition) is 0. The van der Waals surface area contributed by atoms with Crippen LogP contribution in [-0.2, 0) is 0 Å². The first-order valence-corrected chi connectivity index (χ1v) is 4.86. The molecule has 11 heavy (non-hydrogen) atoms. The quantitative estimate of drug-likeness (QED) is 0.466. The van der Waals surface area contributed by atoms with Crippen molar-refractivity contribution < 1.29 is 0 Å². The highest BCUT2D eigenvalue weighted by Gasteiger charge is 2.27. The number of rotatable bonds is 0. The Morgan fingerprint density at radius 2 is 1.82 bits per heavy atom. The number of hydrogen-bond donors (Lipinski definition) is 0. The van der Waals surface area contributed by atoms with Crippen LogP contribution in [0.5, 0.6) is 0 Å². The van der Waals surface area contributed by atoms with Crippen molar-refractivity contribution in [3.05, 3.63) is 6.42 Å². The molecule has 0 nitrogen and oxygen atoms in total. The first-order valence-electron chi connectivity index (χ1n) is 4.86. The monoisotopic (exact) mass is 153 g/mol. The summed E-state index contributed by atoms with van der Waals surface area (Å²) < 4.78 is 0. The molecule has 0 spiro atoms. The van der Waals surface area contributed by atoms with E-state index >= 15 is 0 Å². The van der Waals surface area contributed by atoms with Crippen LogP contribution < -0.4 is 0 Å². The van der Waals surface area contributed by atoms with E-state index in [1.165, 1.54) is 19.3 Å². The maximum absolute atomic E-state index is 2.54. The van der Waals surface area contributed by atoms with E-state index in [9.17, 15) is 0 Å². The maximum atomic E-state index is 2.54. The van der Waals surface area contributed by atoms with E-state index in [1.54, 1.807) is 0 Å². The molecule has 0 amide bonds. The lowest BCUT2D eigenvalue weighted by atomic mass is 9.80. The average Bonchev–Trinajstić information content (AvgIpc) is 1.89. The van der Waals surface area contributed by atoms with Crippen molar-refractivity contribution >= 4 is 0 Å². The molecular formula is C11H21. The van der Waals surface area contributed by atoms with E-state index in [0.29, 0.717) is 5.41 Å². The Hall–Kier alpha value is 0. The van der Waals surface area contributed by atoms with E-state index in [4.69, 9.17) is 0 Å². The standard InChI is InChI=1S/C11H21/c1-9-5-6-10(2)8-11(3,4)7-9/h7,9-10H,5-6,8H2,1-4H3. The second-order valence-corrected chi connectivity index (χ2v) is 5.02. The van der Waals surface area contributed by atoms with Gasteiger partial charge in [-0.3, -0.25) is 0 Å². The highest BCUT2D eigenvalue weighted by Crippen LogP contribution is 2.38. The Labute approximate surface area is 71.4 Å². The van der Waals surface area contributed by atoms with E-state index in [0.717, 1.165) is 11.8 Å². The molecule has 1 saturated carbocycles. The van der Waals surface area contributed by atoms with Gasteiger partial charge >= 0.3 is 0 Å². The van der Waals surface area contributed by atoms with Gasteiger partial charge in [-0.05, 0) is 30.1 Å². The van der Waals surface area contributed by atoms with Gasteiger partial charge in [-0.25, -0.2) is 0 Å². The van der Waals surface area contributed by atoms with Crippen LogP contribution in [0.3, 0.4) is 0 Å². The molecule has 0 aromatic heterocycles. The third-order valence-electron chi connectivity index (χ3n) is 2.73. The van der Waals surface area contributed by atoms with Crippen LogP contribution in [0.4, 0.5) is 0 Å². The Balaban J connectivity index is 2.55. The lowest BCUT2D eigenvalue weighted by Crippen LogP contribution is -2.15. The van der Waals surface area contributed by atoms with Crippen molar-refractivity contribution in [3.63, 3.8) is 0 Å². The molecule has 1 rings (SSSR count). The van der Waals surface area contributed by atoms with Gasteiger partial charge in [0.05, 0.1) is 0 Å². The second kappa shape index (κ2) is 3.16. The summed E-state index contributed by atoms with van der Waals surface area (Å²) in [6.45, 7) is 9.46. The van der Waals surface area contributed by atoms with Gasteiger partial charge in [0, 0.05) is 0 Å². The summed E-state index contributed by atoms with van der Waals surface area (Å²) in [6.07, 6.45) is 6.72. The summed E-state index contributed by atoms with van der Waals surface area (Å²) in [7, 11) is 0. The molecular weight excluding hydrogens is 132 g/mol. The Morgan fingerprint density at radius 3 is 2.45 bits per heavy atom. The van der Waals surface area contributed by atoms with Crippen LogP contribution in [0.2, 0.25) is 0 Å². The summed E-state index contributed by atoms with van der Waals surface area (Å²) in [5.74, 6) is 1.75. The third kappa shape index (κ3) is 2.84. The normalized spacial score (nSPS) is 38.2. The van der Waals surface area contributed by atoms with E-state index in [-0.39, 0.29) is 0 Å². The van der Waals surface area contributed by atoms with E-state index < -0.39 is 0 Å². The molecule has 0 heteroatoms. The van der Waals surface area contributed by atoms with Crippen LogP contribution in [0, 0.1) is 23.7 Å². The molecule has 0 N–H and O–H groups in total. The molecule has 0 aromatic rings. The van der Waals surface area contributed by atoms with Crippen molar-refractivity contribution in [2.24, 2.45) is 17.3 Å². The van der Waals surface area contributed by atoms with Crippen molar-refractivity contribution in [2.75, 3.05) is 0 Å². The zero-order chi connectivity index (χ0) is 8.48. The largest absolute Gasteiger partial charge is 0.0625 e. The SMILES string of the molecule is CC1[CH]C(C)(C)CC(C)CC1. The fraction of sp³-hybridized carbons (Fsp3) is 0.909. The van der Waals surface area contributed by atoms with Crippen LogP contribution >= 0.6 is 0 Å². The van der Waals surface area contributed by atoms with E-state index in [2.05, 4.69) is 34.1 Å². The summed E-state index contributed by atoms with van der Waals surface area (Å²) in [6, 6.07) is 0. The van der Waals surface area contributed by atoms with Gasteiger partial charge in [0.2, 0.25) is 0 Å². The minimum absolute atomic E-state index is 0.481. The van der Waals surface area contributed by atoms with Gasteiger partial charge in [-0.2, -0.15) is 0 Å². The minimum atomic E-state index is 0.481. The molecule has 1 radical (unpaired) electrons. The average molecular weight is 153 g/mol. The summed E-state index contributed by atoms with van der Waals surface area (Å²) in [5.41, 5.74) is 0.481. The first-order chi connectivity index (χ1) is 4.99. The minimum Gasteiger partial charge on any atom is -0.0625 e. The highest BCUT2D eigenvalue weighted by molar-refractivity contribution is 4.92. The zero-order valence-electron chi connectivity index (χ0n) is 8.35. The topological polar surface area (TPSA) is 0 Å². The highest BCUT2D eigenvalue weighted by atomic mass is 14.3. The predicted molar refractivity (Wildman–Crippen MR) is 50.3 cm³/mol. The van der Waals surface area contributed by atoms with Gasteiger partial charge in [-0.1, -0.05) is 40.5 Å². The van der Waals surface area contributed by atoms with Crippen molar-refractivity contribution in [1.82, 2.24) is 0 Å². The second-order valence-electron chi connectivity index (χ2n) is 5.02. The van der Waals surface area contributed by atoms with E-state index in [1.807, 2.05) is 0 Å². The fourth-order valence-corrected chi connectivity index (χ4v) is 2.47. The van der Waals surface area contributed by atoms with Crippen molar-refractivity contribution in [3.8, 4) is 0 Å². The van der Waals surface area contributed by atoms with Crippen LogP contribution in [0.1, 0.15) is 47.0 Å². The molecule has 65 valence electrons. The Morgan fingerprint density at radius 1 is 1.18 bits per heavy atom. The smallest absolute Gasteiger partial charge is 0.0301 e. The molecule has 1 fully saturated rings. The zero-order valence-corrected chi connectivity index (χ0v) is 8.35. The summed E-state index contributed by atoms with van der Waals surface area (Å²) >= 11 is 0. The molecule has 2 atom stereocenters. The molecule has 1 aliphatic carbocycles. The van der Waals surface area contributed by atoms with Crippen LogP contribution in [-0.4, -0.2) is 0 Å². The van der Waals surface area contributed by atoms with Crippen LogP contribution in [0.15, 0.2) is 0 Å². The maximum Gasteiger partial charge on any atom is -0.0301 e. The van der Waals surface area contributed by atoms with Crippen molar-refractivity contribution in [1.29, 1.82) is 0 Å².